The number of amides is 1. The maximum absolute atomic E-state index is 13.4. The molecule has 1 saturated heterocycles. The van der Waals surface area contributed by atoms with Gasteiger partial charge in [0, 0.05) is 32.2 Å². The lowest BCUT2D eigenvalue weighted by Crippen LogP contribution is -2.49. The van der Waals surface area contributed by atoms with E-state index in [0.717, 1.165) is 11.1 Å². The number of hydrogen-bond donors (Lipinski definition) is 1. The number of nitrogens with one attached hydrogen (secondary N) is 1. The second kappa shape index (κ2) is 8.06. The van der Waals surface area contributed by atoms with E-state index in [1.807, 2.05) is 35.1 Å². The Morgan fingerprint density at radius 3 is 2.70 bits per heavy atom. The lowest BCUT2D eigenvalue weighted by Gasteiger charge is -2.36. The highest BCUT2D eigenvalue weighted by Gasteiger charge is 2.41. The highest BCUT2D eigenvalue weighted by Crippen LogP contribution is 2.35. The Kier molecular flexibility index (Phi) is 5.36. The summed E-state index contributed by atoms with van der Waals surface area (Å²) in [5.41, 5.74) is 1.70. The standard InChI is InChI=1S/C21H23N3O2S/c25-20(21(8-12-26-13-9-21)18-5-2-1-3-6-18)22-15-19(17-7-14-27-16-17)24-11-4-10-23-24/h1-7,10-11,14,16,19H,8-9,12-13,15H2,(H,22,25)/t19-/m0/s1. The van der Waals surface area contributed by atoms with Gasteiger partial charge >= 0.3 is 0 Å². The molecule has 140 valence electrons. The van der Waals surface area contributed by atoms with Gasteiger partial charge in [-0.1, -0.05) is 30.3 Å². The molecule has 0 aliphatic carbocycles. The number of ether oxygens (including phenoxy) is 1. The maximum Gasteiger partial charge on any atom is 0.230 e. The molecule has 3 aromatic rings. The van der Waals surface area contributed by atoms with Crippen LogP contribution in [0.4, 0.5) is 0 Å². The van der Waals surface area contributed by atoms with Crippen LogP contribution in [0, 0.1) is 0 Å². The van der Waals surface area contributed by atoms with Crippen LogP contribution >= 0.6 is 11.3 Å². The van der Waals surface area contributed by atoms with Crippen LogP contribution in [0.15, 0.2) is 65.6 Å². The van der Waals surface area contributed by atoms with Crippen molar-refractivity contribution < 1.29 is 9.53 Å². The normalized spacial score (nSPS) is 17.3. The van der Waals surface area contributed by atoms with Gasteiger partial charge in [0.1, 0.15) is 0 Å². The number of carbonyl (C=O) groups excluding carboxylic acids is 1. The summed E-state index contributed by atoms with van der Waals surface area (Å²) in [7, 11) is 0. The monoisotopic (exact) mass is 381 g/mol. The van der Waals surface area contributed by atoms with Gasteiger partial charge in [0.2, 0.25) is 5.91 Å². The summed E-state index contributed by atoms with van der Waals surface area (Å²) in [6, 6.07) is 14.1. The number of aromatic nitrogens is 2. The second-order valence-electron chi connectivity index (χ2n) is 6.83. The van der Waals surface area contributed by atoms with E-state index < -0.39 is 5.41 Å². The van der Waals surface area contributed by atoms with Gasteiger partial charge in [-0.25, -0.2) is 0 Å². The minimum Gasteiger partial charge on any atom is -0.381 e. The van der Waals surface area contributed by atoms with Crippen molar-refractivity contribution in [3.63, 3.8) is 0 Å². The molecule has 1 N–H and O–H groups in total. The van der Waals surface area contributed by atoms with Crippen molar-refractivity contribution >= 4 is 17.2 Å². The summed E-state index contributed by atoms with van der Waals surface area (Å²) >= 11 is 1.65. The first-order valence-electron chi connectivity index (χ1n) is 9.22. The molecule has 0 radical (unpaired) electrons. The summed E-state index contributed by atoms with van der Waals surface area (Å²) in [4.78, 5) is 13.4. The third kappa shape index (κ3) is 3.68. The SMILES string of the molecule is O=C(NC[C@@H](c1ccsc1)n1cccn1)C1(c2ccccc2)CCOCC1. The van der Waals surface area contributed by atoms with Gasteiger partial charge in [-0.15, -0.1) is 0 Å². The average Bonchev–Trinajstić information content (AvgIpc) is 3.44. The second-order valence-corrected chi connectivity index (χ2v) is 7.61. The fourth-order valence-corrected chi connectivity index (χ4v) is 4.48. The van der Waals surface area contributed by atoms with Gasteiger partial charge in [0.05, 0.1) is 11.5 Å². The van der Waals surface area contributed by atoms with Gasteiger partial charge in [-0.2, -0.15) is 16.4 Å². The Morgan fingerprint density at radius 1 is 1.22 bits per heavy atom. The van der Waals surface area contributed by atoms with Crippen LogP contribution in [0.2, 0.25) is 0 Å². The third-order valence-corrected chi connectivity index (χ3v) is 6.04. The number of carbonyl (C=O) groups is 1. The number of thiophene rings is 1. The topological polar surface area (TPSA) is 56.2 Å². The predicted molar refractivity (Wildman–Crippen MR) is 106 cm³/mol. The van der Waals surface area contributed by atoms with Gasteiger partial charge in [-0.3, -0.25) is 9.48 Å². The molecule has 5 nitrogen and oxygen atoms in total. The quantitative estimate of drug-likeness (QED) is 0.712. The molecule has 1 aromatic carbocycles. The fourth-order valence-electron chi connectivity index (χ4n) is 3.78. The van der Waals surface area contributed by atoms with E-state index in [1.54, 1.807) is 17.5 Å². The van der Waals surface area contributed by atoms with Gasteiger partial charge in [0.15, 0.2) is 0 Å². The number of hydrogen-bond acceptors (Lipinski definition) is 4. The van der Waals surface area contributed by atoms with Crippen molar-refractivity contribution in [1.29, 1.82) is 0 Å². The van der Waals surface area contributed by atoms with Gasteiger partial charge in [-0.05, 0) is 46.9 Å². The van der Waals surface area contributed by atoms with Crippen molar-refractivity contribution in [2.75, 3.05) is 19.8 Å². The Bertz CT molecular complexity index is 807. The van der Waals surface area contributed by atoms with E-state index in [4.69, 9.17) is 4.74 Å². The highest BCUT2D eigenvalue weighted by molar-refractivity contribution is 7.07. The van der Waals surface area contributed by atoms with Crippen molar-refractivity contribution in [3.8, 4) is 0 Å². The van der Waals surface area contributed by atoms with Crippen LogP contribution in [-0.4, -0.2) is 35.4 Å². The molecule has 3 heterocycles. The van der Waals surface area contributed by atoms with Crippen LogP contribution in [-0.2, 0) is 14.9 Å². The van der Waals surface area contributed by atoms with Gasteiger partial charge < -0.3 is 10.1 Å². The van der Waals surface area contributed by atoms with Crippen molar-refractivity contribution in [2.45, 2.75) is 24.3 Å². The lowest BCUT2D eigenvalue weighted by molar-refractivity contribution is -0.130. The van der Waals surface area contributed by atoms with E-state index >= 15 is 0 Å². The Labute approximate surface area is 163 Å². The Hall–Kier alpha value is -2.44. The summed E-state index contributed by atoms with van der Waals surface area (Å²) < 4.78 is 7.45. The van der Waals surface area contributed by atoms with Crippen LogP contribution in [0.25, 0.3) is 0 Å². The summed E-state index contributed by atoms with van der Waals surface area (Å²) in [6.07, 6.45) is 5.11. The van der Waals surface area contributed by atoms with Crippen LogP contribution in [0.5, 0.6) is 0 Å². The molecule has 27 heavy (non-hydrogen) atoms. The Morgan fingerprint density at radius 2 is 2.04 bits per heavy atom. The zero-order chi connectivity index (χ0) is 18.5. The molecule has 1 aliphatic rings. The molecule has 1 aliphatic heterocycles. The van der Waals surface area contributed by atoms with Crippen molar-refractivity contribution in [3.05, 3.63) is 76.7 Å². The van der Waals surface area contributed by atoms with Crippen molar-refractivity contribution in [1.82, 2.24) is 15.1 Å². The zero-order valence-electron chi connectivity index (χ0n) is 15.1. The fraction of sp³-hybridized carbons (Fsp3) is 0.333. The Balaban J connectivity index is 1.56. The van der Waals surface area contributed by atoms with Crippen LogP contribution < -0.4 is 5.32 Å². The highest BCUT2D eigenvalue weighted by atomic mass is 32.1. The third-order valence-electron chi connectivity index (χ3n) is 5.34. The van der Waals surface area contributed by atoms with E-state index in [0.29, 0.717) is 32.6 Å². The molecule has 6 heteroatoms. The largest absolute Gasteiger partial charge is 0.381 e. The molecule has 0 unspecified atom stereocenters. The molecule has 4 rings (SSSR count). The molecule has 2 aromatic heterocycles. The molecule has 0 saturated carbocycles. The van der Waals surface area contributed by atoms with Crippen LogP contribution in [0.3, 0.4) is 0 Å². The predicted octanol–water partition coefficient (Wildman–Crippen LogP) is 3.40. The molecule has 1 amide bonds. The maximum atomic E-state index is 13.4. The number of nitrogens with zero attached hydrogens (tertiary/aromatic N) is 2. The summed E-state index contributed by atoms with van der Waals surface area (Å²) in [5.74, 6) is 0.0735. The summed E-state index contributed by atoms with van der Waals surface area (Å²) in [5, 5.41) is 11.8. The molecule has 0 spiro atoms. The van der Waals surface area contributed by atoms with E-state index in [9.17, 15) is 4.79 Å². The first kappa shape index (κ1) is 17.9. The molecule has 0 bridgehead atoms. The van der Waals surface area contributed by atoms with E-state index in [1.165, 1.54) is 0 Å². The lowest BCUT2D eigenvalue weighted by atomic mass is 9.73. The number of rotatable bonds is 6. The minimum absolute atomic E-state index is 0.0112. The molecule has 1 fully saturated rings. The smallest absolute Gasteiger partial charge is 0.230 e. The number of benzene rings is 1. The molecular formula is C21H23N3O2S. The van der Waals surface area contributed by atoms with Gasteiger partial charge in [0.25, 0.3) is 0 Å². The van der Waals surface area contributed by atoms with E-state index in [2.05, 4.69) is 39.4 Å². The molecule has 1 atom stereocenters. The van der Waals surface area contributed by atoms with Crippen molar-refractivity contribution in [2.24, 2.45) is 0 Å². The first-order valence-corrected chi connectivity index (χ1v) is 10.2. The minimum atomic E-state index is -0.525. The first-order chi connectivity index (χ1) is 13.3. The summed E-state index contributed by atoms with van der Waals surface area (Å²) in [6.45, 7) is 1.72. The molecular weight excluding hydrogens is 358 g/mol. The zero-order valence-corrected chi connectivity index (χ0v) is 15.9. The average molecular weight is 382 g/mol. The van der Waals surface area contributed by atoms with Crippen LogP contribution in [0.1, 0.15) is 30.0 Å². The van der Waals surface area contributed by atoms with E-state index in [-0.39, 0.29) is 11.9 Å².